The van der Waals surface area contributed by atoms with Gasteiger partial charge in [0.2, 0.25) is 0 Å². The molecule has 112 valence electrons. The van der Waals surface area contributed by atoms with Gasteiger partial charge >= 0.3 is 5.97 Å². The lowest BCUT2D eigenvalue weighted by Crippen LogP contribution is -2.09. The van der Waals surface area contributed by atoms with Crippen molar-refractivity contribution in [1.82, 2.24) is 15.0 Å². The summed E-state index contributed by atoms with van der Waals surface area (Å²) < 4.78 is 1.69. The van der Waals surface area contributed by atoms with Gasteiger partial charge in [-0.1, -0.05) is 56.7 Å². The van der Waals surface area contributed by atoms with Gasteiger partial charge in [0.25, 0.3) is 0 Å². The second-order valence-electron chi connectivity index (χ2n) is 5.49. The van der Waals surface area contributed by atoms with E-state index < -0.39 is 5.97 Å². The molecule has 2 rings (SSSR count). The van der Waals surface area contributed by atoms with Crippen LogP contribution in [0.15, 0.2) is 24.3 Å². The van der Waals surface area contributed by atoms with Gasteiger partial charge in [0.05, 0.1) is 12.2 Å². The summed E-state index contributed by atoms with van der Waals surface area (Å²) >= 11 is 0. The van der Waals surface area contributed by atoms with Gasteiger partial charge in [-0.25, -0.2) is 9.48 Å². The van der Waals surface area contributed by atoms with Crippen LogP contribution in [0.25, 0.3) is 0 Å². The summed E-state index contributed by atoms with van der Waals surface area (Å²) in [7, 11) is 0. The van der Waals surface area contributed by atoms with Gasteiger partial charge in [-0.05, 0) is 23.5 Å². The summed E-state index contributed by atoms with van der Waals surface area (Å²) in [6.45, 7) is 6.88. The highest BCUT2D eigenvalue weighted by atomic mass is 16.4. The lowest BCUT2D eigenvalue weighted by atomic mass is 10.0. The van der Waals surface area contributed by atoms with Crippen LogP contribution in [0.2, 0.25) is 0 Å². The number of carboxylic acid groups (broad SMARTS) is 1. The lowest BCUT2D eigenvalue weighted by Gasteiger charge is -2.09. The third kappa shape index (κ3) is 3.48. The monoisotopic (exact) mass is 287 g/mol. The number of hydrogen-bond donors (Lipinski definition) is 1. The van der Waals surface area contributed by atoms with E-state index in [1.807, 2.05) is 6.92 Å². The van der Waals surface area contributed by atoms with Gasteiger partial charge in [0.1, 0.15) is 0 Å². The Balaban J connectivity index is 2.24. The normalized spacial score (nSPS) is 11.0. The Labute approximate surface area is 124 Å². The van der Waals surface area contributed by atoms with Crippen molar-refractivity contribution in [3.05, 3.63) is 46.8 Å². The third-order valence-electron chi connectivity index (χ3n) is 3.51. The zero-order chi connectivity index (χ0) is 15.4. The van der Waals surface area contributed by atoms with E-state index in [-0.39, 0.29) is 5.69 Å². The summed E-state index contributed by atoms with van der Waals surface area (Å²) in [6, 6.07) is 8.34. The highest BCUT2D eigenvalue weighted by Crippen LogP contribution is 2.16. The SMILES string of the molecule is CCCc1c(C(=O)O)nnn1Cc1ccc(C(C)C)cc1. The third-order valence-corrected chi connectivity index (χ3v) is 3.51. The average molecular weight is 287 g/mol. The van der Waals surface area contributed by atoms with Crippen LogP contribution in [-0.4, -0.2) is 26.1 Å². The Bertz CT molecular complexity index is 615. The maximum Gasteiger partial charge on any atom is 0.358 e. The molecule has 0 bridgehead atoms. The number of carbonyl (C=O) groups is 1. The lowest BCUT2D eigenvalue weighted by molar-refractivity contribution is 0.0689. The van der Waals surface area contributed by atoms with Gasteiger partial charge in [-0.2, -0.15) is 0 Å². The molecule has 5 heteroatoms. The van der Waals surface area contributed by atoms with Crippen molar-refractivity contribution >= 4 is 5.97 Å². The highest BCUT2D eigenvalue weighted by molar-refractivity contribution is 5.86. The molecular weight excluding hydrogens is 266 g/mol. The average Bonchev–Trinajstić information content (AvgIpc) is 2.83. The molecule has 0 aliphatic rings. The predicted octanol–water partition coefficient (Wildman–Crippen LogP) is 3.10. The molecule has 21 heavy (non-hydrogen) atoms. The smallest absolute Gasteiger partial charge is 0.358 e. The Morgan fingerprint density at radius 1 is 1.29 bits per heavy atom. The van der Waals surface area contributed by atoms with E-state index in [2.05, 4.69) is 48.4 Å². The zero-order valence-corrected chi connectivity index (χ0v) is 12.7. The predicted molar refractivity (Wildman–Crippen MR) is 80.6 cm³/mol. The molecule has 0 aliphatic heterocycles. The standard InChI is InChI=1S/C16H21N3O2/c1-4-5-14-15(16(20)21)17-18-19(14)10-12-6-8-13(9-7-12)11(2)3/h6-9,11H,4-5,10H2,1-3H3,(H,20,21). The van der Waals surface area contributed by atoms with Crippen molar-refractivity contribution < 1.29 is 9.90 Å². The molecule has 0 unspecified atom stereocenters. The van der Waals surface area contributed by atoms with Gasteiger partial charge in [0, 0.05) is 0 Å². The Hall–Kier alpha value is -2.17. The number of rotatable bonds is 6. The van der Waals surface area contributed by atoms with E-state index in [4.69, 9.17) is 5.11 Å². The number of nitrogens with zero attached hydrogens (tertiary/aromatic N) is 3. The molecule has 0 spiro atoms. The number of aromatic carboxylic acids is 1. The van der Waals surface area contributed by atoms with Crippen LogP contribution in [-0.2, 0) is 13.0 Å². The minimum Gasteiger partial charge on any atom is -0.476 e. The van der Waals surface area contributed by atoms with Crippen molar-refractivity contribution in [2.24, 2.45) is 0 Å². The zero-order valence-electron chi connectivity index (χ0n) is 12.7. The van der Waals surface area contributed by atoms with E-state index in [1.165, 1.54) is 5.56 Å². The van der Waals surface area contributed by atoms with E-state index in [9.17, 15) is 4.79 Å². The van der Waals surface area contributed by atoms with Gasteiger partial charge in [-0.15, -0.1) is 5.10 Å². The molecule has 5 nitrogen and oxygen atoms in total. The first-order chi connectivity index (χ1) is 10.0. The minimum absolute atomic E-state index is 0.0654. The van der Waals surface area contributed by atoms with Crippen molar-refractivity contribution in [3.8, 4) is 0 Å². The highest BCUT2D eigenvalue weighted by Gasteiger charge is 2.18. The van der Waals surface area contributed by atoms with Gasteiger partial charge < -0.3 is 5.11 Å². The number of carboxylic acids is 1. The van der Waals surface area contributed by atoms with Crippen LogP contribution in [0.4, 0.5) is 0 Å². The Morgan fingerprint density at radius 2 is 1.95 bits per heavy atom. The summed E-state index contributed by atoms with van der Waals surface area (Å²) in [5, 5.41) is 16.9. The molecule has 0 amide bonds. The molecule has 2 aromatic rings. The second kappa shape index (κ2) is 6.52. The van der Waals surface area contributed by atoms with E-state index in [0.29, 0.717) is 24.6 Å². The second-order valence-corrected chi connectivity index (χ2v) is 5.49. The number of hydrogen-bond acceptors (Lipinski definition) is 3. The maximum absolute atomic E-state index is 11.2. The number of benzene rings is 1. The fourth-order valence-corrected chi connectivity index (χ4v) is 2.29. The molecule has 0 atom stereocenters. The molecule has 1 aromatic heterocycles. The molecule has 1 aromatic carbocycles. The fourth-order valence-electron chi connectivity index (χ4n) is 2.29. The first-order valence-electron chi connectivity index (χ1n) is 7.27. The Morgan fingerprint density at radius 3 is 2.48 bits per heavy atom. The Kier molecular flexibility index (Phi) is 4.73. The van der Waals surface area contributed by atoms with E-state index in [1.54, 1.807) is 4.68 Å². The van der Waals surface area contributed by atoms with Crippen LogP contribution < -0.4 is 0 Å². The van der Waals surface area contributed by atoms with Gasteiger partial charge in [0.15, 0.2) is 5.69 Å². The minimum atomic E-state index is -1.01. The largest absolute Gasteiger partial charge is 0.476 e. The summed E-state index contributed by atoms with van der Waals surface area (Å²) in [5.41, 5.74) is 3.14. The van der Waals surface area contributed by atoms with Crippen LogP contribution in [0.5, 0.6) is 0 Å². The topological polar surface area (TPSA) is 68.0 Å². The molecule has 1 N–H and O–H groups in total. The van der Waals surface area contributed by atoms with E-state index in [0.717, 1.165) is 12.0 Å². The molecule has 0 aliphatic carbocycles. The molecular formula is C16H21N3O2. The molecule has 1 heterocycles. The number of aromatic nitrogens is 3. The summed E-state index contributed by atoms with van der Waals surface area (Å²) in [6.07, 6.45) is 1.53. The molecule has 0 saturated heterocycles. The van der Waals surface area contributed by atoms with Crippen LogP contribution >= 0.6 is 0 Å². The van der Waals surface area contributed by atoms with Crippen molar-refractivity contribution in [2.45, 2.75) is 46.1 Å². The van der Waals surface area contributed by atoms with Crippen LogP contribution in [0, 0.1) is 0 Å². The van der Waals surface area contributed by atoms with E-state index >= 15 is 0 Å². The van der Waals surface area contributed by atoms with Crippen LogP contribution in [0.3, 0.4) is 0 Å². The first-order valence-corrected chi connectivity index (χ1v) is 7.27. The van der Waals surface area contributed by atoms with Crippen molar-refractivity contribution in [3.63, 3.8) is 0 Å². The fraction of sp³-hybridized carbons (Fsp3) is 0.438. The maximum atomic E-state index is 11.2. The van der Waals surface area contributed by atoms with Crippen LogP contribution in [0.1, 0.15) is 60.4 Å². The summed E-state index contributed by atoms with van der Waals surface area (Å²) in [4.78, 5) is 11.2. The molecule has 0 fully saturated rings. The molecule has 0 radical (unpaired) electrons. The quantitative estimate of drug-likeness (QED) is 0.886. The summed E-state index contributed by atoms with van der Waals surface area (Å²) in [5.74, 6) is -0.514. The van der Waals surface area contributed by atoms with Crippen molar-refractivity contribution in [1.29, 1.82) is 0 Å². The van der Waals surface area contributed by atoms with Crippen molar-refractivity contribution in [2.75, 3.05) is 0 Å². The van der Waals surface area contributed by atoms with Gasteiger partial charge in [-0.3, -0.25) is 0 Å². The first kappa shape index (κ1) is 15.2. The molecule has 0 saturated carbocycles.